The van der Waals surface area contributed by atoms with Crippen LogP contribution in [0.15, 0.2) is 54.3 Å². The molecule has 0 saturated carbocycles. The molecule has 8 N–H and O–H groups in total. The van der Waals surface area contributed by atoms with Crippen molar-refractivity contribution in [1.82, 2.24) is 20.2 Å². The van der Waals surface area contributed by atoms with Crippen molar-refractivity contribution in [3.63, 3.8) is 0 Å². The Hall–Kier alpha value is -3.43. The lowest BCUT2D eigenvalue weighted by Crippen LogP contribution is -2.35. The summed E-state index contributed by atoms with van der Waals surface area (Å²) in [5.74, 6) is 1.28. The minimum atomic E-state index is -0.463. The second kappa shape index (κ2) is 12.2. The number of aliphatic hydroxyl groups excluding tert-OH is 1. The molecule has 1 fully saturated rings. The Kier molecular flexibility index (Phi) is 9.00. The van der Waals surface area contributed by atoms with Gasteiger partial charge in [0.05, 0.1) is 17.1 Å². The number of nitrogens with two attached hydrogens (primary N) is 2. The summed E-state index contributed by atoms with van der Waals surface area (Å²) in [6, 6.07) is 5.56. The normalized spacial score (nSPS) is 16.8. The van der Waals surface area contributed by atoms with Crippen LogP contribution in [0, 0.1) is 11.3 Å². The van der Waals surface area contributed by atoms with Crippen molar-refractivity contribution in [3.05, 3.63) is 59.8 Å². The molecule has 3 rings (SSSR count). The van der Waals surface area contributed by atoms with E-state index in [0.29, 0.717) is 35.8 Å². The van der Waals surface area contributed by atoms with Gasteiger partial charge in [-0.15, -0.1) is 0 Å². The first kappa shape index (κ1) is 25.2. The van der Waals surface area contributed by atoms with Crippen LogP contribution in [0.5, 0.6) is 0 Å². The zero-order valence-corrected chi connectivity index (χ0v) is 20.0. The Morgan fingerprint density at radius 1 is 1.26 bits per heavy atom. The smallest absolute Gasteiger partial charge is 0.132 e. The highest BCUT2D eigenvalue weighted by molar-refractivity contribution is 6.08. The van der Waals surface area contributed by atoms with Gasteiger partial charge in [-0.2, -0.15) is 0 Å². The van der Waals surface area contributed by atoms with Crippen molar-refractivity contribution < 1.29 is 5.11 Å². The van der Waals surface area contributed by atoms with Crippen LogP contribution >= 0.6 is 0 Å². The molecule has 2 aromatic heterocycles. The lowest BCUT2D eigenvalue weighted by atomic mass is 10.0. The fourth-order valence-electron chi connectivity index (χ4n) is 3.85. The van der Waals surface area contributed by atoms with E-state index in [1.54, 1.807) is 24.7 Å². The number of likely N-dealkylation sites (tertiary alicyclic amines) is 1. The topological polar surface area (TPSA) is 149 Å². The number of aromatic nitrogens is 2. The van der Waals surface area contributed by atoms with E-state index in [4.69, 9.17) is 16.9 Å². The van der Waals surface area contributed by atoms with Crippen LogP contribution in [0.1, 0.15) is 32.3 Å². The maximum absolute atomic E-state index is 10.3. The zero-order chi connectivity index (χ0) is 24.5. The minimum absolute atomic E-state index is 0.253. The van der Waals surface area contributed by atoms with E-state index in [0.717, 1.165) is 29.7 Å². The number of aliphatic hydroxyl groups is 1. The molecule has 182 valence electrons. The fourth-order valence-corrected chi connectivity index (χ4v) is 3.85. The van der Waals surface area contributed by atoms with E-state index in [1.165, 1.54) is 19.1 Å². The number of hydrogen-bond donors (Lipinski definition) is 6. The molecule has 0 aromatic carbocycles. The van der Waals surface area contributed by atoms with Gasteiger partial charge in [0.1, 0.15) is 11.6 Å². The molecule has 34 heavy (non-hydrogen) atoms. The Morgan fingerprint density at radius 2 is 2.03 bits per heavy atom. The van der Waals surface area contributed by atoms with Crippen molar-refractivity contribution in [1.29, 1.82) is 5.41 Å². The lowest BCUT2D eigenvalue weighted by molar-refractivity contribution is 0.127. The largest absolute Gasteiger partial charge is 0.404 e. The molecule has 3 heterocycles. The van der Waals surface area contributed by atoms with E-state index in [2.05, 4.69) is 25.5 Å². The summed E-state index contributed by atoms with van der Waals surface area (Å²) in [5.41, 5.74) is 15.5. The third kappa shape index (κ3) is 7.03. The highest BCUT2D eigenvalue weighted by Gasteiger charge is 2.15. The Labute approximate surface area is 201 Å². The first-order valence-electron chi connectivity index (χ1n) is 11.7. The summed E-state index contributed by atoms with van der Waals surface area (Å²) in [6.45, 7) is 7.27. The molecule has 0 spiro atoms. The number of allylic oxidation sites excluding steroid dienone is 3. The molecule has 1 atom stereocenters. The molecule has 0 amide bonds. The molecule has 1 saturated heterocycles. The maximum atomic E-state index is 10.3. The minimum Gasteiger partial charge on any atom is -0.404 e. The van der Waals surface area contributed by atoms with Gasteiger partial charge in [-0.3, -0.25) is 4.98 Å². The standard InChI is InChI=1S/C25H36N8O/c1-17(2)18(11-26)10-24(28)32-25-6-5-22-23(31-25)9-19(14-30-22)20(12-27)13-29-15-21(34)16-33-7-3-4-8-33/h5-6,9-14,17,21,27,29,34H,3-4,7-8,15-16,26,28H2,1-2H3,(H,31,32)/b18-11+,20-13+,24-10+,27-12?. The quantitative estimate of drug-likeness (QED) is 0.219. The second-order valence-corrected chi connectivity index (χ2v) is 8.82. The number of nitrogens with zero attached hydrogens (tertiary/aromatic N) is 3. The first-order chi connectivity index (χ1) is 16.4. The number of fused-ring (bicyclic) bond motifs is 1. The third-order valence-electron chi connectivity index (χ3n) is 5.76. The molecule has 1 aliphatic rings. The van der Waals surface area contributed by atoms with Gasteiger partial charge in [0.25, 0.3) is 0 Å². The predicted octanol–water partition coefficient (Wildman–Crippen LogP) is 2.38. The van der Waals surface area contributed by atoms with Crippen LogP contribution in [0.25, 0.3) is 16.6 Å². The van der Waals surface area contributed by atoms with Crippen molar-refractivity contribution in [2.45, 2.75) is 32.8 Å². The second-order valence-electron chi connectivity index (χ2n) is 8.82. The third-order valence-corrected chi connectivity index (χ3v) is 5.76. The molecular formula is C25H36N8O. The van der Waals surface area contributed by atoms with E-state index in [9.17, 15) is 5.11 Å². The molecule has 0 bridgehead atoms. The van der Waals surface area contributed by atoms with Crippen LogP contribution in [-0.4, -0.2) is 58.5 Å². The van der Waals surface area contributed by atoms with E-state index in [1.807, 2.05) is 32.0 Å². The molecular weight excluding hydrogens is 428 g/mol. The maximum Gasteiger partial charge on any atom is 0.132 e. The van der Waals surface area contributed by atoms with Gasteiger partial charge in [0, 0.05) is 42.8 Å². The SMILES string of the molecule is CC(C)C(=C/N)/C=C(\N)Nc1ccc2ncc(/C(C=N)=C/NCC(O)CN3CCCC3)cc2n1. The van der Waals surface area contributed by atoms with Crippen LogP contribution in [0.4, 0.5) is 5.82 Å². The van der Waals surface area contributed by atoms with Gasteiger partial charge in [-0.25, -0.2) is 4.98 Å². The average molecular weight is 465 g/mol. The van der Waals surface area contributed by atoms with E-state index < -0.39 is 6.10 Å². The van der Waals surface area contributed by atoms with Gasteiger partial charge >= 0.3 is 0 Å². The molecule has 9 nitrogen and oxygen atoms in total. The molecule has 2 aromatic rings. The number of β-amino-alcohol motifs (C(OH)–C–C–N with tert-alkyl or cyclic N) is 1. The van der Waals surface area contributed by atoms with Crippen LogP contribution in [0.3, 0.4) is 0 Å². The van der Waals surface area contributed by atoms with Gasteiger partial charge in [0.15, 0.2) is 0 Å². The highest BCUT2D eigenvalue weighted by atomic mass is 16.3. The molecule has 0 radical (unpaired) electrons. The summed E-state index contributed by atoms with van der Waals surface area (Å²) < 4.78 is 0. The Bertz CT molecular complexity index is 1070. The zero-order valence-electron chi connectivity index (χ0n) is 20.0. The Balaban J connectivity index is 1.70. The molecule has 0 aliphatic carbocycles. The van der Waals surface area contributed by atoms with Gasteiger partial charge in [-0.1, -0.05) is 13.8 Å². The van der Waals surface area contributed by atoms with Crippen LogP contribution in [0.2, 0.25) is 0 Å². The van der Waals surface area contributed by atoms with Crippen molar-refractivity contribution >= 4 is 28.6 Å². The summed E-state index contributed by atoms with van der Waals surface area (Å²) in [6.07, 6.45) is 9.99. The summed E-state index contributed by atoms with van der Waals surface area (Å²) in [5, 5.41) is 24.3. The monoisotopic (exact) mass is 464 g/mol. The highest BCUT2D eigenvalue weighted by Crippen LogP contribution is 2.19. The summed E-state index contributed by atoms with van der Waals surface area (Å²) in [7, 11) is 0. The average Bonchev–Trinajstić information content (AvgIpc) is 3.32. The summed E-state index contributed by atoms with van der Waals surface area (Å²) >= 11 is 0. The number of rotatable bonds is 11. The van der Waals surface area contributed by atoms with E-state index in [-0.39, 0.29) is 5.92 Å². The molecule has 9 heteroatoms. The van der Waals surface area contributed by atoms with Crippen LogP contribution in [-0.2, 0) is 0 Å². The van der Waals surface area contributed by atoms with Gasteiger partial charge < -0.3 is 37.5 Å². The fraction of sp³-hybridized carbons (Fsp3) is 0.400. The number of nitrogens with one attached hydrogen (secondary N) is 3. The van der Waals surface area contributed by atoms with Crippen molar-refractivity contribution in [2.75, 3.05) is 31.5 Å². The van der Waals surface area contributed by atoms with Gasteiger partial charge in [-0.05, 0) is 67.9 Å². The number of anilines is 1. The van der Waals surface area contributed by atoms with Crippen molar-refractivity contribution in [3.8, 4) is 0 Å². The van der Waals surface area contributed by atoms with Crippen LogP contribution < -0.4 is 22.1 Å². The lowest BCUT2D eigenvalue weighted by Gasteiger charge is -2.19. The molecule has 1 unspecified atom stereocenters. The number of pyridine rings is 2. The summed E-state index contributed by atoms with van der Waals surface area (Å²) in [4.78, 5) is 11.4. The van der Waals surface area contributed by atoms with Gasteiger partial charge in [0.2, 0.25) is 0 Å². The van der Waals surface area contributed by atoms with Crippen molar-refractivity contribution in [2.24, 2.45) is 17.4 Å². The first-order valence-corrected chi connectivity index (χ1v) is 11.7. The Morgan fingerprint density at radius 3 is 2.71 bits per heavy atom. The number of hydrogen-bond acceptors (Lipinski definition) is 9. The predicted molar refractivity (Wildman–Crippen MR) is 139 cm³/mol. The molecule has 1 aliphatic heterocycles. The van der Waals surface area contributed by atoms with E-state index >= 15 is 0 Å².